The topological polar surface area (TPSA) is 78.9 Å². The van der Waals surface area contributed by atoms with Crippen LogP contribution in [0.5, 0.6) is 11.5 Å². The molecule has 0 fully saturated rings. The molecule has 1 N–H and O–H groups in total. The van der Waals surface area contributed by atoms with E-state index in [9.17, 15) is 4.79 Å². The maximum Gasteiger partial charge on any atom is 0.224 e. The smallest absolute Gasteiger partial charge is 0.224 e. The Hall–Kier alpha value is -2.94. The molecule has 0 atom stereocenters. The van der Waals surface area contributed by atoms with Gasteiger partial charge in [-0.05, 0) is 44.8 Å². The third-order valence-corrected chi connectivity index (χ3v) is 5.46. The van der Waals surface area contributed by atoms with E-state index in [2.05, 4.69) is 26.2 Å². The summed E-state index contributed by atoms with van der Waals surface area (Å²) in [5.41, 5.74) is 3.41. The number of methoxy groups -OCH3 is 2. The van der Waals surface area contributed by atoms with Gasteiger partial charge in [-0.1, -0.05) is 30.3 Å². The van der Waals surface area contributed by atoms with Gasteiger partial charge in [0.15, 0.2) is 13.6 Å². The number of carbonyl (C=O) groups is 1. The number of hydrogen-bond acceptors (Lipinski definition) is 6. The van der Waals surface area contributed by atoms with Crippen LogP contribution in [0.4, 0.5) is 0 Å². The van der Waals surface area contributed by atoms with Crippen LogP contribution in [0.3, 0.4) is 0 Å². The Kier molecular flexibility index (Phi) is 9.03. The highest BCUT2D eigenvalue weighted by Gasteiger charge is 2.22. The molecule has 7 nitrogen and oxygen atoms in total. The highest BCUT2D eigenvalue weighted by atomic mass is 79.9. The van der Waals surface area contributed by atoms with Crippen molar-refractivity contribution in [3.63, 3.8) is 0 Å². The third-order valence-electron chi connectivity index (χ3n) is 4.60. The second-order valence-corrected chi connectivity index (χ2v) is 7.61. The molecule has 0 radical (unpaired) electrons. The number of carbonyl (C=O) groups excluding carboxylic acids is 1. The van der Waals surface area contributed by atoms with Gasteiger partial charge in [-0.3, -0.25) is 9.78 Å². The fourth-order valence-corrected chi connectivity index (χ4v) is 3.70. The largest absolute Gasteiger partial charge is 0.467 e. The van der Waals surface area contributed by atoms with Crippen LogP contribution in [-0.2, 0) is 27.2 Å². The predicted molar refractivity (Wildman–Crippen MR) is 124 cm³/mol. The fraction of sp³-hybridized carbons (Fsp3) is 0.250. The van der Waals surface area contributed by atoms with Gasteiger partial charge < -0.3 is 24.3 Å². The van der Waals surface area contributed by atoms with Crippen molar-refractivity contribution in [2.45, 2.75) is 13.0 Å². The van der Waals surface area contributed by atoms with Crippen molar-refractivity contribution >= 4 is 21.8 Å². The second kappa shape index (κ2) is 12.2. The first kappa shape index (κ1) is 23.7. The summed E-state index contributed by atoms with van der Waals surface area (Å²) in [4.78, 5) is 16.9. The van der Waals surface area contributed by atoms with Crippen LogP contribution in [0.15, 0.2) is 65.4 Å². The monoisotopic (exact) mass is 500 g/mol. The highest BCUT2D eigenvalue weighted by Crippen LogP contribution is 2.43. The quantitative estimate of drug-likeness (QED) is 0.394. The number of hydrogen-bond donors (Lipinski definition) is 1. The van der Waals surface area contributed by atoms with Gasteiger partial charge in [0.1, 0.15) is 11.5 Å². The number of halogens is 1. The zero-order chi connectivity index (χ0) is 22.8. The van der Waals surface area contributed by atoms with Crippen molar-refractivity contribution in [2.75, 3.05) is 27.8 Å². The zero-order valence-electron chi connectivity index (χ0n) is 18.0. The lowest BCUT2D eigenvalue weighted by molar-refractivity contribution is -0.120. The van der Waals surface area contributed by atoms with E-state index in [0.29, 0.717) is 22.5 Å². The van der Waals surface area contributed by atoms with Crippen molar-refractivity contribution < 1.29 is 23.7 Å². The molecule has 0 unspecified atom stereocenters. The van der Waals surface area contributed by atoms with Gasteiger partial charge in [0.05, 0.1) is 10.9 Å². The van der Waals surface area contributed by atoms with E-state index in [-0.39, 0.29) is 25.9 Å². The average Bonchev–Trinajstić information content (AvgIpc) is 2.83. The van der Waals surface area contributed by atoms with Gasteiger partial charge in [0.25, 0.3) is 0 Å². The van der Waals surface area contributed by atoms with E-state index < -0.39 is 0 Å². The molecule has 3 aromatic rings. The number of amides is 1. The Labute approximate surface area is 195 Å². The Morgan fingerprint density at radius 2 is 1.62 bits per heavy atom. The lowest BCUT2D eigenvalue weighted by Crippen LogP contribution is -2.25. The average molecular weight is 501 g/mol. The second-order valence-electron chi connectivity index (χ2n) is 6.82. The molecule has 0 spiro atoms. The van der Waals surface area contributed by atoms with Crippen molar-refractivity contribution in [3.05, 3.63) is 76.5 Å². The molecule has 32 heavy (non-hydrogen) atoms. The molecule has 8 heteroatoms. The summed E-state index contributed by atoms with van der Waals surface area (Å²) in [5.74, 6) is 0.917. The first-order valence-corrected chi connectivity index (χ1v) is 10.7. The predicted octanol–water partition coefficient (Wildman–Crippen LogP) is 4.34. The van der Waals surface area contributed by atoms with E-state index in [1.807, 2.05) is 42.5 Å². The van der Waals surface area contributed by atoms with Crippen LogP contribution in [0, 0.1) is 0 Å². The molecule has 0 aliphatic heterocycles. The number of nitrogens with one attached hydrogen (secondary N) is 1. The van der Waals surface area contributed by atoms with Gasteiger partial charge in [-0.25, -0.2) is 0 Å². The Morgan fingerprint density at radius 3 is 2.28 bits per heavy atom. The van der Waals surface area contributed by atoms with Gasteiger partial charge in [0.2, 0.25) is 5.91 Å². The lowest BCUT2D eigenvalue weighted by Gasteiger charge is -2.20. The van der Waals surface area contributed by atoms with Crippen LogP contribution in [0.25, 0.3) is 11.1 Å². The molecule has 0 saturated heterocycles. The summed E-state index contributed by atoms with van der Waals surface area (Å²) < 4.78 is 22.4. The lowest BCUT2D eigenvalue weighted by atomic mass is 9.95. The van der Waals surface area contributed by atoms with Crippen molar-refractivity contribution in [1.29, 1.82) is 0 Å². The maximum absolute atomic E-state index is 12.9. The van der Waals surface area contributed by atoms with Gasteiger partial charge in [-0.2, -0.15) is 0 Å². The number of aromatic nitrogens is 1. The summed E-state index contributed by atoms with van der Waals surface area (Å²) in [6.07, 6.45) is 3.51. The highest BCUT2D eigenvalue weighted by molar-refractivity contribution is 9.10. The van der Waals surface area contributed by atoms with E-state index >= 15 is 0 Å². The summed E-state index contributed by atoms with van der Waals surface area (Å²) in [6.45, 7) is 0.520. The van der Waals surface area contributed by atoms with Gasteiger partial charge >= 0.3 is 0 Å². The normalized spacial score (nSPS) is 10.6. The van der Waals surface area contributed by atoms with Crippen LogP contribution in [-0.4, -0.2) is 38.7 Å². The molecule has 1 amide bonds. The summed E-state index contributed by atoms with van der Waals surface area (Å²) in [7, 11) is 3.10. The number of ether oxygens (including phenoxy) is 4. The molecule has 1 heterocycles. The van der Waals surface area contributed by atoms with Gasteiger partial charge in [-0.15, -0.1) is 0 Å². The van der Waals surface area contributed by atoms with E-state index in [0.717, 1.165) is 22.3 Å². The molecule has 0 bridgehead atoms. The zero-order valence-corrected chi connectivity index (χ0v) is 19.6. The first-order valence-electron chi connectivity index (χ1n) is 9.94. The Balaban J connectivity index is 1.98. The fourth-order valence-electron chi connectivity index (χ4n) is 3.14. The summed E-state index contributed by atoms with van der Waals surface area (Å²) in [6, 6.07) is 15.2. The molecular weight excluding hydrogens is 476 g/mol. The van der Waals surface area contributed by atoms with Crippen molar-refractivity contribution in [3.8, 4) is 22.6 Å². The van der Waals surface area contributed by atoms with Crippen LogP contribution < -0.4 is 14.8 Å². The Bertz CT molecular complexity index is 1020. The minimum Gasteiger partial charge on any atom is -0.467 e. The van der Waals surface area contributed by atoms with Crippen LogP contribution in [0.1, 0.15) is 11.1 Å². The molecule has 0 aliphatic carbocycles. The maximum atomic E-state index is 12.9. The van der Waals surface area contributed by atoms with Crippen molar-refractivity contribution in [1.82, 2.24) is 10.3 Å². The third kappa shape index (κ3) is 6.29. The first-order chi connectivity index (χ1) is 15.6. The van der Waals surface area contributed by atoms with Crippen LogP contribution >= 0.6 is 15.9 Å². The number of rotatable bonds is 11. The number of nitrogens with zero attached hydrogens (tertiary/aromatic N) is 1. The molecule has 168 valence electrons. The standard InChI is InChI=1S/C24H25BrN2O5/c1-29-15-31-20-13-21(32-16-30-2)24(25)19(23(20)18-6-4-3-5-7-18)12-22(28)27-14-17-8-10-26-11-9-17/h3-11,13H,12,14-16H2,1-2H3,(H,27,28). The molecule has 3 rings (SSSR count). The van der Waals surface area contributed by atoms with Crippen molar-refractivity contribution in [2.24, 2.45) is 0 Å². The molecule has 0 saturated carbocycles. The molecule has 1 aromatic heterocycles. The molecule has 2 aromatic carbocycles. The van der Waals surface area contributed by atoms with Gasteiger partial charge in [0, 0.05) is 44.8 Å². The van der Waals surface area contributed by atoms with E-state index in [1.54, 1.807) is 32.7 Å². The minimum atomic E-state index is -0.138. The minimum absolute atomic E-state index is 0.0544. The van der Waals surface area contributed by atoms with Crippen LogP contribution in [0.2, 0.25) is 0 Å². The van der Waals surface area contributed by atoms with E-state index in [4.69, 9.17) is 18.9 Å². The number of benzene rings is 2. The number of pyridine rings is 1. The Morgan fingerprint density at radius 1 is 0.969 bits per heavy atom. The van der Waals surface area contributed by atoms with E-state index in [1.165, 1.54) is 0 Å². The summed E-state index contributed by atoms with van der Waals surface area (Å²) in [5, 5.41) is 2.96. The molecule has 0 aliphatic rings. The molecular formula is C24H25BrN2O5. The summed E-state index contributed by atoms with van der Waals surface area (Å²) >= 11 is 3.63. The SMILES string of the molecule is COCOc1cc(OCOC)c(-c2ccccc2)c(CC(=O)NCc2ccncc2)c1Br.